The first-order valence-electron chi connectivity index (χ1n) is 9.50. The van der Waals surface area contributed by atoms with Crippen molar-refractivity contribution < 1.29 is 18.0 Å². The predicted molar refractivity (Wildman–Crippen MR) is 124 cm³/mol. The van der Waals surface area contributed by atoms with E-state index in [2.05, 4.69) is 31.7 Å². The van der Waals surface area contributed by atoms with Crippen LogP contribution in [0.1, 0.15) is 34.6 Å². The van der Waals surface area contributed by atoms with Crippen molar-refractivity contribution in [2.45, 2.75) is 29.6 Å². The minimum Gasteiger partial charge on any atom is -0.362 e. The van der Waals surface area contributed by atoms with Crippen LogP contribution < -0.4 is 10.6 Å². The fourth-order valence-corrected chi connectivity index (χ4v) is 4.66. The number of fused-ring (bicyclic) bond motifs is 1. The summed E-state index contributed by atoms with van der Waals surface area (Å²) >= 11 is 11.1. The number of benzene rings is 2. The maximum Gasteiger partial charge on any atom is 0.410 e. The number of hydrogen-bond acceptors (Lipinski definition) is 4. The van der Waals surface area contributed by atoms with Crippen molar-refractivity contribution in [1.82, 2.24) is 9.78 Å². The average molecular weight is 546 g/mol. The lowest BCUT2D eigenvalue weighted by Crippen LogP contribution is -2.35. The van der Waals surface area contributed by atoms with Crippen LogP contribution in [-0.4, -0.2) is 28.1 Å². The summed E-state index contributed by atoms with van der Waals surface area (Å²) in [7, 11) is 0. The number of halogens is 5. The van der Waals surface area contributed by atoms with Crippen molar-refractivity contribution in [1.29, 1.82) is 0 Å². The van der Waals surface area contributed by atoms with Crippen LogP contribution in [0.5, 0.6) is 0 Å². The van der Waals surface area contributed by atoms with Crippen molar-refractivity contribution >= 4 is 56.7 Å². The van der Waals surface area contributed by atoms with Gasteiger partial charge < -0.3 is 10.6 Å². The quantitative estimate of drug-likeness (QED) is 0.349. The lowest BCUT2D eigenvalue weighted by molar-refractivity contribution is -0.173. The number of thioether (sulfide) groups is 1. The van der Waals surface area contributed by atoms with Crippen molar-refractivity contribution in [2.75, 3.05) is 16.9 Å². The molecule has 2 aromatic carbocycles. The maximum absolute atomic E-state index is 13.9. The molecule has 1 aromatic heterocycles. The topological polar surface area (TPSA) is 59.0 Å². The smallest absolute Gasteiger partial charge is 0.362 e. The first-order chi connectivity index (χ1) is 15.2. The highest BCUT2D eigenvalue weighted by Gasteiger charge is 2.47. The zero-order valence-electron chi connectivity index (χ0n) is 16.6. The van der Waals surface area contributed by atoms with Crippen molar-refractivity contribution in [3.05, 3.63) is 69.3 Å². The monoisotopic (exact) mass is 544 g/mol. The molecule has 1 amide bonds. The van der Waals surface area contributed by atoms with Gasteiger partial charge in [-0.25, -0.2) is 4.68 Å². The van der Waals surface area contributed by atoms with Crippen molar-refractivity contribution in [2.24, 2.45) is 0 Å². The zero-order chi connectivity index (χ0) is 23.0. The Morgan fingerprint density at radius 2 is 1.94 bits per heavy atom. The Hall–Kier alpha value is -2.17. The Kier molecular flexibility index (Phi) is 6.46. The van der Waals surface area contributed by atoms with Crippen LogP contribution >= 0.6 is 39.3 Å². The van der Waals surface area contributed by atoms with Gasteiger partial charge in [-0.2, -0.15) is 18.3 Å². The number of hydrogen-bond donors (Lipinski definition) is 2. The second kappa shape index (κ2) is 8.99. The van der Waals surface area contributed by atoms with Crippen molar-refractivity contribution in [3.63, 3.8) is 0 Å². The molecule has 0 fully saturated rings. The first kappa shape index (κ1) is 23.0. The summed E-state index contributed by atoms with van der Waals surface area (Å²) in [5, 5.41) is 9.55. The number of nitrogens with one attached hydrogen (secondary N) is 2. The number of rotatable bonds is 4. The van der Waals surface area contributed by atoms with E-state index in [1.807, 2.05) is 18.4 Å². The van der Waals surface area contributed by atoms with Crippen LogP contribution in [-0.2, 0) is 0 Å². The normalized spacial score (nSPS) is 18.1. The molecule has 0 saturated carbocycles. The maximum atomic E-state index is 13.9. The largest absolute Gasteiger partial charge is 0.410 e. The second-order valence-corrected chi connectivity index (χ2v) is 9.29. The Balaban J connectivity index is 1.70. The van der Waals surface area contributed by atoms with Gasteiger partial charge >= 0.3 is 6.18 Å². The Bertz CT molecular complexity index is 1150. The highest BCUT2D eigenvalue weighted by atomic mass is 79.9. The van der Waals surface area contributed by atoms with E-state index in [1.54, 1.807) is 36.4 Å². The third-order valence-electron chi connectivity index (χ3n) is 5.14. The molecule has 0 saturated heterocycles. The number of aromatic nitrogens is 2. The van der Waals surface area contributed by atoms with Crippen LogP contribution in [0, 0.1) is 0 Å². The van der Waals surface area contributed by atoms with Gasteiger partial charge in [0.25, 0.3) is 5.91 Å². The summed E-state index contributed by atoms with van der Waals surface area (Å²) in [5.74, 6) is -0.710. The Morgan fingerprint density at radius 1 is 1.25 bits per heavy atom. The van der Waals surface area contributed by atoms with Gasteiger partial charge in [-0.05, 0) is 36.1 Å². The van der Waals surface area contributed by atoms with Crippen molar-refractivity contribution in [3.8, 4) is 0 Å². The van der Waals surface area contributed by atoms with Gasteiger partial charge in [-0.15, -0.1) is 11.8 Å². The van der Waals surface area contributed by atoms with Crippen LogP contribution in [0.15, 0.2) is 57.9 Å². The molecule has 5 nitrogen and oxygen atoms in total. The molecule has 0 unspecified atom stereocenters. The minimum absolute atomic E-state index is 0.0311. The molecule has 11 heteroatoms. The summed E-state index contributed by atoms with van der Waals surface area (Å²) in [4.78, 5) is 13.7. The zero-order valence-corrected chi connectivity index (χ0v) is 19.7. The molecule has 0 aliphatic carbocycles. The molecule has 3 aromatic rings. The summed E-state index contributed by atoms with van der Waals surface area (Å²) in [6.07, 6.45) is -3.00. The molecule has 1 aliphatic heterocycles. The van der Waals surface area contributed by atoms with E-state index < -0.39 is 24.2 Å². The molecule has 2 heterocycles. The summed E-state index contributed by atoms with van der Waals surface area (Å²) < 4.78 is 43.3. The number of nitrogens with zero attached hydrogens (tertiary/aromatic N) is 2. The lowest BCUT2D eigenvalue weighted by atomic mass is 9.97. The summed E-state index contributed by atoms with van der Waals surface area (Å²) in [6, 6.07) is 11.5. The van der Waals surface area contributed by atoms with Gasteiger partial charge in [-0.1, -0.05) is 51.8 Å². The van der Waals surface area contributed by atoms with Crippen LogP contribution in [0.4, 0.5) is 24.7 Å². The van der Waals surface area contributed by atoms with E-state index in [9.17, 15) is 18.0 Å². The molecule has 32 heavy (non-hydrogen) atoms. The third-order valence-corrected chi connectivity index (χ3v) is 6.82. The van der Waals surface area contributed by atoms with Gasteiger partial charge in [0.2, 0.25) is 0 Å². The van der Waals surface area contributed by atoms with E-state index >= 15 is 0 Å². The van der Waals surface area contributed by atoms with E-state index in [-0.39, 0.29) is 23.0 Å². The molecule has 1 aliphatic rings. The van der Waals surface area contributed by atoms with E-state index in [0.29, 0.717) is 11.3 Å². The lowest BCUT2D eigenvalue weighted by Gasteiger charge is -2.33. The standard InChI is InChI=1S/C21H17BrClF3N4OS/c1-32-15-5-3-2-4-13(15)28-20(31)18-17(23)19-27-14(11-6-8-12(22)9-7-11)10-16(21(24,25)26)30(19)29-18/h2-9,14,16,27H,10H2,1H3,(H,28,31)/t14-,16+/m1/s1. The molecule has 2 N–H and O–H groups in total. The first-order valence-corrected chi connectivity index (χ1v) is 11.9. The molecule has 4 rings (SSSR count). The molecule has 0 radical (unpaired) electrons. The third kappa shape index (κ3) is 4.49. The molecular weight excluding hydrogens is 529 g/mol. The number of carbonyl (C=O) groups is 1. The number of amides is 1. The van der Waals surface area contributed by atoms with Gasteiger partial charge in [0.1, 0.15) is 10.8 Å². The van der Waals surface area contributed by atoms with Crippen LogP contribution in [0.25, 0.3) is 0 Å². The SMILES string of the molecule is CSc1ccccc1NC(=O)c1nn2c(c1Cl)N[C@@H](c1ccc(Br)cc1)C[C@H]2C(F)(F)F. The summed E-state index contributed by atoms with van der Waals surface area (Å²) in [6.45, 7) is 0. The highest BCUT2D eigenvalue weighted by Crippen LogP contribution is 2.46. The molecule has 168 valence electrons. The molecule has 2 atom stereocenters. The van der Waals surface area contributed by atoms with Gasteiger partial charge in [0, 0.05) is 15.8 Å². The number of para-hydroxylation sites is 1. The predicted octanol–water partition coefficient (Wildman–Crippen LogP) is 6.93. The number of carbonyl (C=O) groups excluding carboxylic acids is 1. The Labute approximate surface area is 199 Å². The highest BCUT2D eigenvalue weighted by molar-refractivity contribution is 9.10. The van der Waals surface area contributed by atoms with Gasteiger partial charge in [0.15, 0.2) is 11.7 Å². The summed E-state index contributed by atoms with van der Waals surface area (Å²) in [5.41, 5.74) is 0.932. The minimum atomic E-state index is -4.57. The van der Waals surface area contributed by atoms with Crippen LogP contribution in [0.3, 0.4) is 0 Å². The van der Waals surface area contributed by atoms with Gasteiger partial charge in [0.05, 0.1) is 11.7 Å². The second-order valence-electron chi connectivity index (χ2n) is 7.15. The number of alkyl halides is 3. The number of anilines is 2. The van der Waals surface area contributed by atoms with Gasteiger partial charge in [-0.3, -0.25) is 4.79 Å². The van der Waals surface area contributed by atoms with E-state index in [1.165, 1.54) is 11.8 Å². The van der Waals surface area contributed by atoms with E-state index in [4.69, 9.17) is 11.6 Å². The van der Waals surface area contributed by atoms with Crippen LogP contribution in [0.2, 0.25) is 5.02 Å². The Morgan fingerprint density at radius 3 is 2.59 bits per heavy atom. The molecule has 0 spiro atoms. The van der Waals surface area contributed by atoms with E-state index in [0.717, 1.165) is 14.1 Å². The fourth-order valence-electron chi connectivity index (χ4n) is 3.58. The molecular formula is C21H17BrClF3N4OS. The average Bonchev–Trinajstić information content (AvgIpc) is 3.10. The fraction of sp³-hybridized carbons (Fsp3) is 0.238. The molecule has 0 bridgehead atoms.